The Morgan fingerprint density at radius 2 is 1.88 bits per heavy atom. The summed E-state index contributed by atoms with van der Waals surface area (Å²) < 4.78 is 13.0. The van der Waals surface area contributed by atoms with E-state index >= 15 is 0 Å². The van der Waals surface area contributed by atoms with Crippen molar-refractivity contribution in [1.29, 1.82) is 5.26 Å². The predicted octanol–water partition coefficient (Wildman–Crippen LogP) is 4.38. The lowest BCUT2D eigenvalue weighted by molar-refractivity contribution is 0.628. The van der Waals surface area contributed by atoms with Crippen molar-refractivity contribution in [3.63, 3.8) is 0 Å². The zero-order chi connectivity index (χ0) is 17.2. The Bertz CT molecular complexity index is 1090. The third-order valence-electron chi connectivity index (χ3n) is 3.85. The van der Waals surface area contributed by atoms with Crippen LogP contribution in [-0.2, 0) is 0 Å². The molecule has 5 nitrogen and oxygen atoms in total. The van der Waals surface area contributed by atoms with Gasteiger partial charge in [0.1, 0.15) is 11.9 Å². The second-order valence-corrected chi connectivity index (χ2v) is 5.45. The van der Waals surface area contributed by atoms with Crippen LogP contribution >= 0.6 is 0 Å². The Morgan fingerprint density at radius 1 is 1.08 bits per heavy atom. The standard InChI is InChI=1S/C19H12FN5/c20-13-5-7-14(8-6-13)24-19-23-10-12(9-21)18(25-19)16-11-22-17-4-2-1-3-15(16)17/h1-8,10-11,22H,(H,23,24,25). The number of nitrogens with one attached hydrogen (secondary N) is 2. The van der Waals surface area contributed by atoms with E-state index < -0.39 is 0 Å². The molecule has 0 atom stereocenters. The molecule has 25 heavy (non-hydrogen) atoms. The maximum atomic E-state index is 13.0. The lowest BCUT2D eigenvalue weighted by atomic mass is 10.1. The molecule has 4 rings (SSSR count). The van der Waals surface area contributed by atoms with E-state index in [1.807, 2.05) is 30.5 Å². The average Bonchev–Trinajstić information content (AvgIpc) is 3.07. The fraction of sp³-hybridized carbons (Fsp3) is 0. The molecule has 0 fully saturated rings. The number of fused-ring (bicyclic) bond motifs is 1. The van der Waals surface area contributed by atoms with Crippen LogP contribution in [0.15, 0.2) is 60.9 Å². The lowest BCUT2D eigenvalue weighted by Gasteiger charge is -2.07. The van der Waals surface area contributed by atoms with E-state index in [0.717, 1.165) is 16.5 Å². The third-order valence-corrected chi connectivity index (χ3v) is 3.85. The van der Waals surface area contributed by atoms with Crippen LogP contribution in [0.3, 0.4) is 0 Å². The molecule has 0 spiro atoms. The Kier molecular flexibility index (Phi) is 3.60. The van der Waals surface area contributed by atoms with Crippen molar-refractivity contribution in [2.75, 3.05) is 5.32 Å². The first-order valence-corrected chi connectivity index (χ1v) is 7.61. The molecule has 2 N–H and O–H groups in total. The van der Waals surface area contributed by atoms with Crippen LogP contribution in [0.2, 0.25) is 0 Å². The molecule has 2 heterocycles. The number of halogens is 1. The minimum atomic E-state index is -0.314. The fourth-order valence-electron chi connectivity index (χ4n) is 2.66. The first kappa shape index (κ1) is 14.8. The van der Waals surface area contributed by atoms with E-state index in [9.17, 15) is 9.65 Å². The van der Waals surface area contributed by atoms with Crippen molar-refractivity contribution in [3.8, 4) is 17.3 Å². The molecule has 0 bridgehead atoms. The zero-order valence-electron chi connectivity index (χ0n) is 13.0. The number of aromatic nitrogens is 3. The molecule has 0 aliphatic carbocycles. The summed E-state index contributed by atoms with van der Waals surface area (Å²) >= 11 is 0. The van der Waals surface area contributed by atoms with Crippen LogP contribution in [0, 0.1) is 17.1 Å². The number of nitriles is 1. The first-order chi connectivity index (χ1) is 12.2. The van der Waals surface area contributed by atoms with Crippen LogP contribution in [0.5, 0.6) is 0 Å². The van der Waals surface area contributed by atoms with E-state index in [2.05, 4.69) is 26.3 Å². The maximum absolute atomic E-state index is 13.0. The molecule has 0 aliphatic rings. The van der Waals surface area contributed by atoms with Crippen molar-refractivity contribution in [1.82, 2.24) is 15.0 Å². The molecule has 0 saturated heterocycles. The molecule has 4 aromatic rings. The molecule has 120 valence electrons. The van der Waals surface area contributed by atoms with E-state index in [4.69, 9.17) is 0 Å². The monoisotopic (exact) mass is 329 g/mol. The minimum absolute atomic E-state index is 0.314. The normalized spacial score (nSPS) is 10.6. The van der Waals surface area contributed by atoms with Gasteiger partial charge in [0.15, 0.2) is 0 Å². The van der Waals surface area contributed by atoms with Gasteiger partial charge in [-0.05, 0) is 30.3 Å². The van der Waals surface area contributed by atoms with Crippen LogP contribution in [0.1, 0.15) is 5.56 Å². The summed E-state index contributed by atoms with van der Waals surface area (Å²) in [6.07, 6.45) is 3.31. The number of nitrogens with zero attached hydrogens (tertiary/aromatic N) is 3. The Labute approximate surface area is 142 Å². The van der Waals surface area contributed by atoms with Crippen molar-refractivity contribution < 1.29 is 4.39 Å². The van der Waals surface area contributed by atoms with Gasteiger partial charge in [-0.2, -0.15) is 5.26 Å². The van der Waals surface area contributed by atoms with Gasteiger partial charge >= 0.3 is 0 Å². The van der Waals surface area contributed by atoms with Crippen molar-refractivity contribution >= 4 is 22.5 Å². The van der Waals surface area contributed by atoms with Gasteiger partial charge in [-0.15, -0.1) is 0 Å². The van der Waals surface area contributed by atoms with Gasteiger partial charge in [0.25, 0.3) is 0 Å². The summed E-state index contributed by atoms with van der Waals surface area (Å²) in [7, 11) is 0. The summed E-state index contributed by atoms with van der Waals surface area (Å²) in [6.45, 7) is 0. The van der Waals surface area contributed by atoms with Crippen LogP contribution < -0.4 is 5.32 Å². The largest absolute Gasteiger partial charge is 0.360 e. The highest BCUT2D eigenvalue weighted by molar-refractivity contribution is 5.95. The number of benzene rings is 2. The smallest absolute Gasteiger partial charge is 0.227 e. The number of hydrogen-bond donors (Lipinski definition) is 2. The van der Waals surface area contributed by atoms with E-state index in [0.29, 0.717) is 22.9 Å². The van der Waals surface area contributed by atoms with Gasteiger partial charge in [0.2, 0.25) is 5.95 Å². The lowest BCUT2D eigenvalue weighted by Crippen LogP contribution is -2.00. The maximum Gasteiger partial charge on any atom is 0.227 e. The van der Waals surface area contributed by atoms with Gasteiger partial charge in [-0.25, -0.2) is 14.4 Å². The Morgan fingerprint density at radius 3 is 2.68 bits per heavy atom. The highest BCUT2D eigenvalue weighted by Gasteiger charge is 2.13. The number of aromatic amines is 1. The number of anilines is 2. The number of hydrogen-bond acceptors (Lipinski definition) is 4. The number of rotatable bonds is 3. The first-order valence-electron chi connectivity index (χ1n) is 7.61. The molecular formula is C19H12FN5. The van der Waals surface area contributed by atoms with Crippen LogP contribution in [-0.4, -0.2) is 15.0 Å². The van der Waals surface area contributed by atoms with Crippen molar-refractivity contribution in [2.45, 2.75) is 0 Å². The summed E-state index contributed by atoms with van der Waals surface area (Å²) in [5.74, 6) is 0.0247. The molecule has 6 heteroatoms. The Balaban J connectivity index is 1.79. The summed E-state index contributed by atoms with van der Waals surface area (Å²) in [5, 5.41) is 13.4. The molecule has 2 aromatic carbocycles. The molecular weight excluding hydrogens is 317 g/mol. The Hall–Kier alpha value is -3.72. The molecule has 0 unspecified atom stereocenters. The number of H-pyrrole nitrogens is 1. The van der Waals surface area contributed by atoms with Crippen LogP contribution in [0.25, 0.3) is 22.2 Å². The molecule has 0 radical (unpaired) electrons. The average molecular weight is 329 g/mol. The van der Waals surface area contributed by atoms with Gasteiger partial charge in [-0.3, -0.25) is 0 Å². The highest BCUT2D eigenvalue weighted by atomic mass is 19.1. The van der Waals surface area contributed by atoms with E-state index in [1.165, 1.54) is 18.3 Å². The molecule has 2 aromatic heterocycles. The topological polar surface area (TPSA) is 77.4 Å². The minimum Gasteiger partial charge on any atom is -0.360 e. The summed E-state index contributed by atoms with van der Waals surface area (Å²) in [5.41, 5.74) is 3.38. The van der Waals surface area contributed by atoms with Gasteiger partial charge < -0.3 is 10.3 Å². The molecule has 0 aliphatic heterocycles. The van der Waals surface area contributed by atoms with E-state index in [1.54, 1.807) is 12.1 Å². The summed E-state index contributed by atoms with van der Waals surface area (Å²) in [6, 6.07) is 15.8. The third kappa shape index (κ3) is 2.79. The second-order valence-electron chi connectivity index (χ2n) is 5.45. The zero-order valence-corrected chi connectivity index (χ0v) is 13.0. The molecule has 0 amide bonds. The van der Waals surface area contributed by atoms with Gasteiger partial charge in [-0.1, -0.05) is 18.2 Å². The van der Waals surface area contributed by atoms with Gasteiger partial charge in [0.05, 0.1) is 17.5 Å². The fourth-order valence-corrected chi connectivity index (χ4v) is 2.66. The summed E-state index contributed by atoms with van der Waals surface area (Å²) in [4.78, 5) is 11.8. The molecule has 0 saturated carbocycles. The number of para-hydroxylation sites is 1. The quantitative estimate of drug-likeness (QED) is 0.585. The SMILES string of the molecule is N#Cc1cnc(Nc2ccc(F)cc2)nc1-c1c[nH]c2ccccc12. The van der Waals surface area contributed by atoms with E-state index in [-0.39, 0.29) is 5.82 Å². The predicted molar refractivity (Wildman–Crippen MR) is 93.7 cm³/mol. The second kappa shape index (κ2) is 6.06. The van der Waals surface area contributed by atoms with Crippen molar-refractivity contribution in [2.24, 2.45) is 0 Å². The van der Waals surface area contributed by atoms with Gasteiger partial charge in [0, 0.05) is 28.4 Å². The highest BCUT2D eigenvalue weighted by Crippen LogP contribution is 2.30. The van der Waals surface area contributed by atoms with Crippen LogP contribution in [0.4, 0.5) is 16.0 Å². The van der Waals surface area contributed by atoms with Crippen molar-refractivity contribution in [3.05, 3.63) is 72.3 Å².